The molecule has 0 aliphatic rings. The molecule has 1 heterocycles. The minimum atomic E-state index is -0.588. The van der Waals surface area contributed by atoms with Gasteiger partial charge in [0.2, 0.25) is 5.91 Å². The Morgan fingerprint density at radius 3 is 2.77 bits per heavy atom. The number of nitrogens with zero attached hydrogens (tertiary/aromatic N) is 3. The molecule has 26 heavy (non-hydrogen) atoms. The van der Waals surface area contributed by atoms with Gasteiger partial charge in [0, 0.05) is 52.0 Å². The molecule has 0 spiro atoms. The topological polar surface area (TPSA) is 76.5 Å². The number of carbonyl (C=O) groups is 2. The third-order valence-corrected chi connectivity index (χ3v) is 3.79. The van der Waals surface area contributed by atoms with Crippen molar-refractivity contribution in [2.24, 2.45) is 7.05 Å². The number of ether oxygens (including phenoxy) is 1. The maximum Gasteiger partial charge on any atom is 0.254 e. The molecule has 0 unspecified atom stereocenters. The maximum atomic E-state index is 13.6. The van der Waals surface area contributed by atoms with Gasteiger partial charge in [0.25, 0.3) is 5.91 Å². The van der Waals surface area contributed by atoms with E-state index in [0.29, 0.717) is 19.7 Å². The van der Waals surface area contributed by atoms with Gasteiger partial charge in [-0.05, 0) is 12.1 Å². The highest BCUT2D eigenvalue weighted by Gasteiger charge is 2.16. The van der Waals surface area contributed by atoms with Crippen molar-refractivity contribution < 1.29 is 18.7 Å². The number of nitrogens with one attached hydrogen (secondary N) is 1. The third kappa shape index (κ3) is 5.66. The predicted octanol–water partition coefficient (Wildman–Crippen LogP) is 1.35. The zero-order valence-corrected chi connectivity index (χ0v) is 14.9. The fourth-order valence-electron chi connectivity index (χ4n) is 2.45. The summed E-state index contributed by atoms with van der Waals surface area (Å²) < 4.78 is 20.3. The Bertz CT molecular complexity index is 748. The molecule has 140 valence electrons. The van der Waals surface area contributed by atoms with E-state index in [0.717, 1.165) is 5.56 Å². The Kier molecular flexibility index (Phi) is 7.28. The summed E-state index contributed by atoms with van der Waals surface area (Å²) in [5.74, 6) is -1.25. The average molecular weight is 362 g/mol. The van der Waals surface area contributed by atoms with Crippen molar-refractivity contribution in [1.82, 2.24) is 20.0 Å². The highest BCUT2D eigenvalue weighted by molar-refractivity contribution is 5.94. The number of halogens is 1. The van der Waals surface area contributed by atoms with Crippen molar-refractivity contribution in [1.29, 1.82) is 0 Å². The van der Waals surface area contributed by atoms with Crippen LogP contribution in [-0.4, -0.2) is 53.3 Å². The number of hydrogen-bond donors (Lipinski definition) is 1. The van der Waals surface area contributed by atoms with Gasteiger partial charge in [-0.3, -0.25) is 14.3 Å². The Labute approximate surface area is 151 Å². The number of carbonyl (C=O) groups excluding carboxylic acids is 2. The number of amides is 2. The largest absolute Gasteiger partial charge is 0.383 e. The fourth-order valence-corrected chi connectivity index (χ4v) is 2.45. The van der Waals surface area contributed by atoms with E-state index in [4.69, 9.17) is 4.74 Å². The second-order valence-corrected chi connectivity index (χ2v) is 5.82. The van der Waals surface area contributed by atoms with Crippen molar-refractivity contribution in [3.8, 4) is 0 Å². The van der Waals surface area contributed by atoms with Gasteiger partial charge in [0.1, 0.15) is 5.82 Å². The Morgan fingerprint density at radius 1 is 1.35 bits per heavy atom. The SMILES string of the molecule is COCCN(Cc1cnn(C)c1)C(=O)CCNC(=O)c1ccccc1F. The van der Waals surface area contributed by atoms with Gasteiger partial charge in [0.15, 0.2) is 0 Å². The van der Waals surface area contributed by atoms with Crippen LogP contribution in [-0.2, 0) is 23.1 Å². The number of benzene rings is 1. The van der Waals surface area contributed by atoms with Crippen LogP contribution in [0.5, 0.6) is 0 Å². The molecule has 0 aliphatic carbocycles. The number of aryl methyl sites for hydroxylation is 1. The van der Waals surface area contributed by atoms with E-state index in [-0.39, 0.29) is 24.4 Å². The van der Waals surface area contributed by atoms with Gasteiger partial charge in [-0.1, -0.05) is 12.1 Å². The molecule has 0 saturated carbocycles. The second kappa shape index (κ2) is 9.67. The molecule has 1 aromatic heterocycles. The van der Waals surface area contributed by atoms with Crippen LogP contribution in [0, 0.1) is 5.82 Å². The van der Waals surface area contributed by atoms with E-state index >= 15 is 0 Å². The summed E-state index contributed by atoms with van der Waals surface area (Å²) in [7, 11) is 3.38. The molecule has 0 radical (unpaired) electrons. The van der Waals surface area contributed by atoms with Crippen molar-refractivity contribution in [2.45, 2.75) is 13.0 Å². The van der Waals surface area contributed by atoms with Gasteiger partial charge >= 0.3 is 0 Å². The quantitative estimate of drug-likeness (QED) is 0.731. The lowest BCUT2D eigenvalue weighted by atomic mass is 10.2. The van der Waals surface area contributed by atoms with Crippen molar-refractivity contribution in [3.05, 3.63) is 53.6 Å². The molecule has 2 rings (SSSR count). The Morgan fingerprint density at radius 2 is 2.12 bits per heavy atom. The lowest BCUT2D eigenvalue weighted by Crippen LogP contribution is -2.36. The van der Waals surface area contributed by atoms with Crippen LogP contribution in [0.3, 0.4) is 0 Å². The second-order valence-electron chi connectivity index (χ2n) is 5.82. The molecule has 1 N–H and O–H groups in total. The van der Waals surface area contributed by atoms with Crippen LogP contribution in [0.25, 0.3) is 0 Å². The number of methoxy groups -OCH3 is 1. The Balaban J connectivity index is 1.87. The summed E-state index contributed by atoms with van der Waals surface area (Å²) in [5.41, 5.74) is 0.874. The van der Waals surface area contributed by atoms with Crippen LogP contribution in [0.1, 0.15) is 22.3 Å². The minimum absolute atomic E-state index is 0.0356. The molecule has 0 aliphatic heterocycles. The summed E-state index contributed by atoms with van der Waals surface area (Å²) in [6.45, 7) is 1.39. The molecule has 0 saturated heterocycles. The molecular weight excluding hydrogens is 339 g/mol. The summed E-state index contributed by atoms with van der Waals surface area (Å²) >= 11 is 0. The third-order valence-electron chi connectivity index (χ3n) is 3.79. The number of aromatic nitrogens is 2. The monoisotopic (exact) mass is 362 g/mol. The summed E-state index contributed by atoms with van der Waals surface area (Å²) in [6.07, 6.45) is 3.66. The van der Waals surface area contributed by atoms with Crippen LogP contribution >= 0.6 is 0 Å². The molecule has 2 aromatic rings. The lowest BCUT2D eigenvalue weighted by molar-refractivity contribution is -0.132. The van der Waals surface area contributed by atoms with E-state index in [9.17, 15) is 14.0 Å². The van der Waals surface area contributed by atoms with Crippen LogP contribution in [0.4, 0.5) is 4.39 Å². The summed E-state index contributed by atoms with van der Waals surface area (Å²) in [4.78, 5) is 26.1. The van der Waals surface area contributed by atoms with Crippen molar-refractivity contribution >= 4 is 11.8 Å². The normalized spacial score (nSPS) is 10.6. The van der Waals surface area contributed by atoms with Gasteiger partial charge in [0.05, 0.1) is 18.4 Å². The highest BCUT2D eigenvalue weighted by atomic mass is 19.1. The zero-order valence-electron chi connectivity index (χ0n) is 14.9. The molecular formula is C18H23FN4O3. The van der Waals surface area contributed by atoms with Crippen LogP contribution in [0.2, 0.25) is 0 Å². The molecule has 0 bridgehead atoms. The predicted molar refractivity (Wildman–Crippen MR) is 93.9 cm³/mol. The molecule has 0 fully saturated rings. The maximum absolute atomic E-state index is 13.6. The highest BCUT2D eigenvalue weighted by Crippen LogP contribution is 2.07. The van der Waals surface area contributed by atoms with E-state index < -0.39 is 11.7 Å². The average Bonchev–Trinajstić information content (AvgIpc) is 3.03. The van der Waals surface area contributed by atoms with Crippen molar-refractivity contribution in [2.75, 3.05) is 26.8 Å². The first kappa shape index (κ1) is 19.6. The van der Waals surface area contributed by atoms with Gasteiger partial charge in [-0.15, -0.1) is 0 Å². The molecule has 0 atom stereocenters. The first-order valence-corrected chi connectivity index (χ1v) is 8.28. The van der Waals surface area contributed by atoms with E-state index in [1.54, 1.807) is 29.0 Å². The minimum Gasteiger partial charge on any atom is -0.383 e. The standard InChI is InChI=1S/C18H23FN4O3/c1-22-12-14(11-21-22)13-23(9-10-26-2)17(24)7-8-20-18(25)15-5-3-4-6-16(15)19/h3-6,11-12H,7-10,13H2,1-2H3,(H,20,25). The molecule has 7 nitrogen and oxygen atoms in total. The molecule has 8 heteroatoms. The molecule has 1 aromatic carbocycles. The van der Waals surface area contributed by atoms with Crippen LogP contribution < -0.4 is 5.32 Å². The van der Waals surface area contributed by atoms with Crippen LogP contribution in [0.15, 0.2) is 36.7 Å². The van der Waals surface area contributed by atoms with E-state index in [1.165, 1.54) is 18.2 Å². The van der Waals surface area contributed by atoms with Crippen molar-refractivity contribution in [3.63, 3.8) is 0 Å². The lowest BCUT2D eigenvalue weighted by Gasteiger charge is -2.22. The fraction of sp³-hybridized carbons (Fsp3) is 0.389. The first-order chi connectivity index (χ1) is 12.5. The zero-order chi connectivity index (χ0) is 18.9. The summed E-state index contributed by atoms with van der Waals surface area (Å²) in [6, 6.07) is 5.73. The van der Waals surface area contributed by atoms with Gasteiger partial charge in [-0.2, -0.15) is 5.10 Å². The number of rotatable bonds is 9. The number of hydrogen-bond acceptors (Lipinski definition) is 4. The first-order valence-electron chi connectivity index (χ1n) is 8.28. The smallest absolute Gasteiger partial charge is 0.254 e. The summed E-state index contributed by atoms with van der Waals surface area (Å²) in [5, 5.41) is 6.67. The van der Waals surface area contributed by atoms with Gasteiger partial charge < -0.3 is 15.0 Å². The van der Waals surface area contributed by atoms with Gasteiger partial charge in [-0.25, -0.2) is 4.39 Å². The molecule has 2 amide bonds. The Hall–Kier alpha value is -2.74. The van der Waals surface area contributed by atoms with E-state index in [2.05, 4.69) is 10.4 Å². The van der Waals surface area contributed by atoms with E-state index in [1.807, 2.05) is 13.2 Å².